The maximum absolute atomic E-state index is 13.1. The van der Waals surface area contributed by atoms with E-state index in [9.17, 15) is 9.59 Å². The summed E-state index contributed by atoms with van der Waals surface area (Å²) in [5, 5.41) is 7.72. The molecule has 7 heteroatoms. The third kappa shape index (κ3) is 8.05. The van der Waals surface area contributed by atoms with Crippen LogP contribution >= 0.6 is 0 Å². The van der Waals surface area contributed by atoms with Gasteiger partial charge in [0.15, 0.2) is 0 Å². The summed E-state index contributed by atoms with van der Waals surface area (Å²) in [4.78, 5) is 27.8. The fraction of sp³-hybridized carbons (Fsp3) is 0.414. The minimum atomic E-state index is -0.278. The lowest BCUT2D eigenvalue weighted by Crippen LogP contribution is -2.40. The van der Waals surface area contributed by atoms with Crippen molar-refractivity contribution in [3.63, 3.8) is 0 Å². The van der Waals surface area contributed by atoms with Gasteiger partial charge in [0.2, 0.25) is 11.8 Å². The van der Waals surface area contributed by atoms with E-state index >= 15 is 0 Å². The molecule has 2 amide bonds. The van der Waals surface area contributed by atoms with E-state index in [1.807, 2.05) is 66.7 Å². The number of rotatable bonds is 11. The molecule has 1 N–H and O–H groups in total. The van der Waals surface area contributed by atoms with Crippen molar-refractivity contribution >= 4 is 17.6 Å². The van der Waals surface area contributed by atoms with E-state index in [-0.39, 0.29) is 29.7 Å². The number of aromatic nitrogens is 2. The van der Waals surface area contributed by atoms with Gasteiger partial charge in [-0.15, -0.1) is 0 Å². The summed E-state index contributed by atoms with van der Waals surface area (Å²) in [5.74, 6) is 0.448. The summed E-state index contributed by atoms with van der Waals surface area (Å²) in [6.45, 7) is 9.27. The van der Waals surface area contributed by atoms with Crippen molar-refractivity contribution in [1.82, 2.24) is 14.7 Å². The zero-order chi connectivity index (χ0) is 26.1. The minimum absolute atomic E-state index is 0.0412. The largest absolute Gasteiger partial charge is 0.383 e. The van der Waals surface area contributed by atoms with E-state index in [1.54, 1.807) is 16.7 Å². The molecule has 0 aliphatic carbocycles. The van der Waals surface area contributed by atoms with Gasteiger partial charge in [-0.25, -0.2) is 4.68 Å². The predicted octanol–water partition coefficient (Wildman–Crippen LogP) is 5.42. The highest BCUT2D eigenvalue weighted by atomic mass is 16.5. The molecule has 0 saturated carbocycles. The Kier molecular flexibility index (Phi) is 9.42. The van der Waals surface area contributed by atoms with Crippen LogP contribution in [0.1, 0.15) is 40.5 Å². The first-order valence-corrected chi connectivity index (χ1v) is 12.4. The summed E-state index contributed by atoms with van der Waals surface area (Å²) in [7, 11) is 1.59. The topological polar surface area (TPSA) is 76.5 Å². The average Bonchev–Trinajstić information content (AvgIpc) is 3.25. The molecule has 0 saturated heterocycles. The summed E-state index contributed by atoms with van der Waals surface area (Å²) < 4.78 is 6.91. The fourth-order valence-corrected chi connectivity index (χ4v) is 4.38. The van der Waals surface area contributed by atoms with Crippen LogP contribution in [-0.2, 0) is 14.3 Å². The van der Waals surface area contributed by atoms with Gasteiger partial charge >= 0.3 is 0 Å². The molecule has 0 fully saturated rings. The van der Waals surface area contributed by atoms with Gasteiger partial charge in [-0.05, 0) is 29.9 Å². The van der Waals surface area contributed by atoms with Gasteiger partial charge in [-0.2, -0.15) is 5.10 Å². The van der Waals surface area contributed by atoms with Crippen molar-refractivity contribution in [3.05, 3.63) is 66.7 Å². The van der Waals surface area contributed by atoms with Crippen LogP contribution in [0.4, 0.5) is 5.82 Å². The molecule has 192 valence electrons. The fourth-order valence-electron chi connectivity index (χ4n) is 4.38. The normalized spacial score (nSPS) is 12.2. The maximum Gasteiger partial charge on any atom is 0.245 e. The Balaban J connectivity index is 1.78. The highest BCUT2D eigenvalue weighted by Crippen LogP contribution is 2.27. The summed E-state index contributed by atoms with van der Waals surface area (Å²) in [6.07, 6.45) is 1.33. The lowest BCUT2D eigenvalue weighted by atomic mass is 9.84. The molecule has 2 aromatic carbocycles. The highest BCUT2D eigenvalue weighted by molar-refractivity contribution is 5.94. The molecule has 1 atom stereocenters. The van der Waals surface area contributed by atoms with Crippen LogP contribution in [0.3, 0.4) is 0 Å². The molecule has 3 rings (SSSR count). The van der Waals surface area contributed by atoms with E-state index in [0.29, 0.717) is 25.4 Å². The average molecular weight is 491 g/mol. The van der Waals surface area contributed by atoms with Crippen molar-refractivity contribution in [3.8, 4) is 16.9 Å². The van der Waals surface area contributed by atoms with E-state index in [2.05, 4.69) is 33.0 Å². The monoisotopic (exact) mass is 490 g/mol. The van der Waals surface area contributed by atoms with Gasteiger partial charge in [0.25, 0.3) is 0 Å². The number of carbonyl (C=O) groups is 2. The molecule has 0 aliphatic heterocycles. The van der Waals surface area contributed by atoms with Crippen molar-refractivity contribution in [2.75, 3.05) is 32.1 Å². The molecule has 0 unspecified atom stereocenters. The first-order chi connectivity index (χ1) is 17.2. The molecule has 7 nitrogen and oxygen atoms in total. The molecule has 36 heavy (non-hydrogen) atoms. The molecule has 0 radical (unpaired) electrons. The zero-order valence-corrected chi connectivity index (χ0v) is 22.0. The van der Waals surface area contributed by atoms with Gasteiger partial charge in [-0.1, -0.05) is 76.2 Å². The van der Waals surface area contributed by atoms with Crippen LogP contribution in [0.2, 0.25) is 0 Å². The number of anilines is 1. The first-order valence-electron chi connectivity index (χ1n) is 12.4. The molecular weight excluding hydrogens is 452 g/mol. The second kappa shape index (κ2) is 12.5. The number of hydrogen-bond acceptors (Lipinski definition) is 4. The van der Waals surface area contributed by atoms with Gasteiger partial charge in [0.05, 0.1) is 24.5 Å². The summed E-state index contributed by atoms with van der Waals surface area (Å²) in [6, 6.07) is 21.3. The Morgan fingerprint density at radius 3 is 2.31 bits per heavy atom. The van der Waals surface area contributed by atoms with Gasteiger partial charge in [-0.3, -0.25) is 9.59 Å². The van der Waals surface area contributed by atoms with Crippen LogP contribution in [0.25, 0.3) is 16.9 Å². The second-order valence-corrected chi connectivity index (χ2v) is 10.5. The number of nitrogens with one attached hydrogen (secondary N) is 1. The third-order valence-corrected chi connectivity index (χ3v) is 5.78. The highest BCUT2D eigenvalue weighted by Gasteiger charge is 2.23. The SMILES string of the molecule is COCCN(CC(=O)Nc1cc(-c2ccccc2)nn1-c1ccccc1)C(=O)C[C@H](C)CC(C)(C)C. The zero-order valence-electron chi connectivity index (χ0n) is 22.0. The lowest BCUT2D eigenvalue weighted by Gasteiger charge is -2.26. The van der Waals surface area contributed by atoms with Crippen molar-refractivity contribution in [1.29, 1.82) is 0 Å². The second-order valence-electron chi connectivity index (χ2n) is 10.5. The Labute approximate surface area is 214 Å². The van der Waals surface area contributed by atoms with Crippen molar-refractivity contribution < 1.29 is 14.3 Å². The van der Waals surface area contributed by atoms with Gasteiger partial charge < -0.3 is 15.0 Å². The number of para-hydroxylation sites is 1. The van der Waals surface area contributed by atoms with Crippen LogP contribution in [0, 0.1) is 11.3 Å². The molecule has 1 heterocycles. The number of ether oxygens (including phenoxy) is 1. The van der Waals surface area contributed by atoms with Crippen LogP contribution < -0.4 is 5.32 Å². The van der Waals surface area contributed by atoms with Gasteiger partial charge in [0, 0.05) is 31.7 Å². The molecule has 0 bridgehead atoms. The summed E-state index contributed by atoms with van der Waals surface area (Å²) >= 11 is 0. The standard InChI is InChI=1S/C29H38N4O3/c1-22(20-29(2,3)4)18-28(35)32(16-17-36-5)21-27(34)30-26-19-25(23-12-8-6-9-13-23)31-33(26)24-14-10-7-11-15-24/h6-15,19,22H,16-18,20-21H2,1-5H3,(H,30,34)/t22-/m0/s1. The maximum atomic E-state index is 13.1. The number of carbonyl (C=O) groups excluding carboxylic acids is 2. The van der Waals surface area contributed by atoms with E-state index in [1.165, 1.54) is 0 Å². The Bertz CT molecular complexity index is 1120. The number of amides is 2. The quantitative estimate of drug-likeness (QED) is 0.390. The van der Waals surface area contributed by atoms with Gasteiger partial charge in [0.1, 0.15) is 5.82 Å². The van der Waals surface area contributed by atoms with Crippen LogP contribution in [0.5, 0.6) is 0 Å². The van der Waals surface area contributed by atoms with Crippen molar-refractivity contribution in [2.45, 2.75) is 40.5 Å². The summed E-state index contributed by atoms with van der Waals surface area (Å²) in [5.41, 5.74) is 2.67. The number of hydrogen-bond donors (Lipinski definition) is 1. The minimum Gasteiger partial charge on any atom is -0.383 e. The molecule has 3 aromatic rings. The Morgan fingerprint density at radius 1 is 1.06 bits per heavy atom. The van der Waals surface area contributed by atoms with Crippen LogP contribution in [0.15, 0.2) is 66.7 Å². The Hall–Kier alpha value is -3.45. The van der Waals surface area contributed by atoms with E-state index in [0.717, 1.165) is 23.4 Å². The van der Waals surface area contributed by atoms with Crippen molar-refractivity contribution in [2.24, 2.45) is 11.3 Å². The smallest absolute Gasteiger partial charge is 0.245 e. The third-order valence-electron chi connectivity index (χ3n) is 5.78. The van der Waals surface area contributed by atoms with E-state index < -0.39 is 0 Å². The number of nitrogens with zero attached hydrogens (tertiary/aromatic N) is 3. The Morgan fingerprint density at radius 2 is 1.69 bits per heavy atom. The first kappa shape index (κ1) is 27.1. The number of benzene rings is 2. The molecule has 0 aliphatic rings. The number of methoxy groups -OCH3 is 1. The molecule has 1 aromatic heterocycles. The van der Waals surface area contributed by atoms with E-state index in [4.69, 9.17) is 9.84 Å². The molecular formula is C29H38N4O3. The molecule has 0 spiro atoms. The van der Waals surface area contributed by atoms with Crippen LogP contribution in [-0.4, -0.2) is 53.3 Å². The predicted molar refractivity (Wildman–Crippen MR) is 144 cm³/mol. The lowest BCUT2D eigenvalue weighted by molar-refractivity contribution is -0.136.